The first-order valence-electron chi connectivity index (χ1n) is 3.06. The molecule has 0 amide bonds. The Morgan fingerprint density at radius 3 is 2.40 bits per heavy atom. The second kappa shape index (κ2) is 3.38. The predicted octanol–water partition coefficient (Wildman–Crippen LogP) is 2.02. The van der Waals surface area contributed by atoms with Gasteiger partial charge < -0.3 is 4.57 Å². The summed E-state index contributed by atoms with van der Waals surface area (Å²) in [5.74, 6) is 1.50. The van der Waals surface area contributed by atoms with E-state index >= 15 is 0 Å². The Morgan fingerprint density at radius 1 is 1.30 bits per heavy atom. The van der Waals surface area contributed by atoms with Crippen LogP contribution in [0.3, 0.4) is 0 Å². The zero-order valence-electron chi connectivity index (χ0n) is 5.58. The van der Waals surface area contributed by atoms with Gasteiger partial charge in [0.25, 0.3) is 0 Å². The summed E-state index contributed by atoms with van der Waals surface area (Å²) in [6.07, 6.45) is 0. The van der Waals surface area contributed by atoms with Crippen molar-refractivity contribution in [3.63, 3.8) is 0 Å². The van der Waals surface area contributed by atoms with Gasteiger partial charge in [0.1, 0.15) is 7.80 Å². The van der Waals surface area contributed by atoms with Crippen LogP contribution < -0.4 is 5.30 Å². The highest BCUT2D eigenvalue weighted by atomic mass is 31.1. The van der Waals surface area contributed by atoms with E-state index in [1.165, 1.54) is 5.82 Å². The molecule has 0 saturated carbocycles. The van der Waals surface area contributed by atoms with Gasteiger partial charge in [-0.2, -0.15) is 0 Å². The van der Waals surface area contributed by atoms with E-state index < -0.39 is 7.80 Å². The van der Waals surface area contributed by atoms with Gasteiger partial charge in [-0.05, 0) is 5.82 Å². The molecule has 0 heterocycles. The second-order valence-electron chi connectivity index (χ2n) is 1.93. The van der Waals surface area contributed by atoms with Crippen LogP contribution in [-0.2, 0) is 4.57 Å². The summed E-state index contributed by atoms with van der Waals surface area (Å²) in [5, 5.41) is 0.877. The zero-order chi connectivity index (χ0) is 7.40. The molecule has 52 valence electrons. The number of hydrogen-bond donors (Lipinski definition) is 0. The lowest BCUT2D eigenvalue weighted by molar-refractivity contribution is 0.598. The largest absolute Gasteiger partial charge is 0.318 e. The zero-order valence-corrected chi connectivity index (χ0v) is 6.58. The highest BCUT2D eigenvalue weighted by Gasteiger charge is 1.93. The monoisotopic (exact) mass is 152 g/mol. The van der Waals surface area contributed by atoms with Crippen LogP contribution in [0, 0.1) is 0 Å². The van der Waals surface area contributed by atoms with E-state index in [2.05, 4.69) is 6.58 Å². The molecule has 10 heavy (non-hydrogen) atoms. The van der Waals surface area contributed by atoms with Crippen LogP contribution in [0.15, 0.2) is 42.7 Å². The molecule has 0 spiro atoms. The Balaban J connectivity index is 2.95. The van der Waals surface area contributed by atoms with Gasteiger partial charge in [-0.15, -0.1) is 0 Å². The van der Waals surface area contributed by atoms with Crippen molar-refractivity contribution >= 4 is 13.1 Å². The fourth-order valence-corrected chi connectivity index (χ4v) is 1.48. The summed E-state index contributed by atoms with van der Waals surface area (Å²) in [6.45, 7) is 3.47. The molecule has 0 bridgehead atoms. The Kier molecular flexibility index (Phi) is 2.47. The van der Waals surface area contributed by atoms with Crippen LogP contribution in [0.1, 0.15) is 0 Å². The second-order valence-corrected chi connectivity index (χ2v) is 3.65. The molecule has 1 aromatic rings. The van der Waals surface area contributed by atoms with Gasteiger partial charge in [0.15, 0.2) is 0 Å². The minimum absolute atomic E-state index is 0.877. The Morgan fingerprint density at radius 2 is 1.90 bits per heavy atom. The van der Waals surface area contributed by atoms with Crippen LogP contribution in [0.5, 0.6) is 0 Å². The molecule has 0 aromatic heterocycles. The van der Waals surface area contributed by atoms with E-state index in [-0.39, 0.29) is 0 Å². The van der Waals surface area contributed by atoms with E-state index in [9.17, 15) is 4.57 Å². The van der Waals surface area contributed by atoms with E-state index in [4.69, 9.17) is 0 Å². The van der Waals surface area contributed by atoms with E-state index in [1.807, 2.05) is 30.3 Å². The SMILES string of the molecule is C=C[PH](=O)c1ccccc1. The fourth-order valence-electron chi connectivity index (χ4n) is 0.720. The van der Waals surface area contributed by atoms with Gasteiger partial charge in [-0.25, -0.2) is 0 Å². The molecule has 1 nitrogen and oxygen atoms in total. The van der Waals surface area contributed by atoms with Gasteiger partial charge in [0, 0.05) is 5.30 Å². The molecule has 1 unspecified atom stereocenters. The topological polar surface area (TPSA) is 17.1 Å². The molecule has 0 saturated heterocycles. The van der Waals surface area contributed by atoms with Crippen molar-refractivity contribution in [2.45, 2.75) is 0 Å². The lowest BCUT2D eigenvalue weighted by Crippen LogP contribution is -1.90. The first-order valence-corrected chi connectivity index (χ1v) is 4.55. The Bertz CT molecular complexity index is 241. The Labute approximate surface area is 61.2 Å². The third-order valence-electron chi connectivity index (χ3n) is 1.24. The maximum absolute atomic E-state index is 11.1. The van der Waals surface area contributed by atoms with Crippen molar-refractivity contribution in [3.8, 4) is 0 Å². The normalized spacial score (nSPS) is 12.4. The fraction of sp³-hybridized carbons (Fsp3) is 0. The summed E-state index contributed by atoms with van der Waals surface area (Å²) < 4.78 is 11.1. The van der Waals surface area contributed by atoms with Crippen molar-refractivity contribution in [2.24, 2.45) is 0 Å². The van der Waals surface area contributed by atoms with Crippen molar-refractivity contribution in [3.05, 3.63) is 42.7 Å². The molecule has 1 atom stereocenters. The van der Waals surface area contributed by atoms with Crippen molar-refractivity contribution < 1.29 is 4.57 Å². The average molecular weight is 152 g/mol. The van der Waals surface area contributed by atoms with Crippen LogP contribution in [0.2, 0.25) is 0 Å². The van der Waals surface area contributed by atoms with Crippen molar-refractivity contribution in [1.29, 1.82) is 0 Å². The quantitative estimate of drug-likeness (QED) is 0.592. The summed E-state index contributed by atoms with van der Waals surface area (Å²) in [6, 6.07) is 9.36. The molecule has 0 aliphatic rings. The molecule has 0 aliphatic carbocycles. The average Bonchev–Trinajstić information content (AvgIpc) is 2.05. The minimum Gasteiger partial charge on any atom is -0.318 e. The van der Waals surface area contributed by atoms with Gasteiger partial charge in [0.2, 0.25) is 0 Å². The highest BCUT2D eigenvalue weighted by Crippen LogP contribution is 2.18. The molecule has 0 aliphatic heterocycles. The summed E-state index contributed by atoms with van der Waals surface area (Å²) >= 11 is 0. The molecule has 2 heteroatoms. The van der Waals surface area contributed by atoms with E-state index in [1.54, 1.807) is 0 Å². The summed E-state index contributed by atoms with van der Waals surface area (Å²) in [4.78, 5) is 0. The third kappa shape index (κ3) is 1.58. The molecule has 0 fully saturated rings. The van der Waals surface area contributed by atoms with E-state index in [0.29, 0.717) is 0 Å². The maximum Gasteiger partial charge on any atom is 0.124 e. The third-order valence-corrected chi connectivity index (χ3v) is 2.52. The molecule has 1 rings (SSSR count). The standard InChI is InChI=1S/C8H9OP/c1-2-10(9)8-6-4-3-5-7-8/h2-7,10H,1H2. The molecule has 1 aromatic carbocycles. The van der Waals surface area contributed by atoms with Crippen LogP contribution in [-0.4, -0.2) is 0 Å². The van der Waals surface area contributed by atoms with E-state index in [0.717, 1.165) is 5.30 Å². The smallest absolute Gasteiger partial charge is 0.124 e. The molecular formula is C8H9OP. The number of rotatable bonds is 2. The van der Waals surface area contributed by atoms with Gasteiger partial charge in [-0.1, -0.05) is 36.9 Å². The van der Waals surface area contributed by atoms with Crippen molar-refractivity contribution in [1.82, 2.24) is 0 Å². The molecule has 0 N–H and O–H groups in total. The summed E-state index contributed by atoms with van der Waals surface area (Å²) in [5.41, 5.74) is 0. The molecular weight excluding hydrogens is 143 g/mol. The Hall–Kier alpha value is -0.810. The van der Waals surface area contributed by atoms with Gasteiger partial charge >= 0.3 is 0 Å². The van der Waals surface area contributed by atoms with Crippen LogP contribution >= 0.6 is 7.80 Å². The number of hydrogen-bond acceptors (Lipinski definition) is 1. The predicted molar refractivity (Wildman–Crippen MR) is 45.3 cm³/mol. The molecule has 0 radical (unpaired) electrons. The first-order chi connectivity index (χ1) is 4.84. The first kappa shape index (κ1) is 7.30. The highest BCUT2D eigenvalue weighted by molar-refractivity contribution is 7.56. The van der Waals surface area contributed by atoms with Gasteiger partial charge in [-0.3, -0.25) is 0 Å². The lowest BCUT2D eigenvalue weighted by atomic mass is 10.4. The van der Waals surface area contributed by atoms with Crippen LogP contribution in [0.4, 0.5) is 0 Å². The summed E-state index contributed by atoms with van der Waals surface area (Å²) in [7, 11) is -1.69. The van der Waals surface area contributed by atoms with Gasteiger partial charge in [0.05, 0.1) is 0 Å². The van der Waals surface area contributed by atoms with Crippen LogP contribution in [0.25, 0.3) is 0 Å². The minimum atomic E-state index is -1.69. The lowest BCUT2D eigenvalue weighted by Gasteiger charge is -1.92. The maximum atomic E-state index is 11.1. The van der Waals surface area contributed by atoms with Crippen molar-refractivity contribution in [2.75, 3.05) is 0 Å². The number of benzene rings is 1.